The Hall–Kier alpha value is -1.83. The second-order valence-corrected chi connectivity index (χ2v) is 5.85. The molecule has 0 amide bonds. The predicted octanol–water partition coefficient (Wildman–Crippen LogP) is 0.633. The molecule has 0 aliphatic carbocycles. The van der Waals surface area contributed by atoms with Crippen molar-refractivity contribution in [2.45, 2.75) is 0 Å². The summed E-state index contributed by atoms with van der Waals surface area (Å²) in [5, 5.41) is 13.3. The van der Waals surface area contributed by atoms with Gasteiger partial charge in [-0.25, -0.2) is 8.42 Å². The van der Waals surface area contributed by atoms with Crippen LogP contribution in [0.3, 0.4) is 0 Å². The normalized spacial score (nSPS) is 11.1. The average Bonchev–Trinajstić information content (AvgIpc) is 2.18. The Kier molecular flexibility index (Phi) is 3.89. The molecule has 0 atom stereocenters. The number of nitrogens with one attached hydrogen (secondary N) is 1. The smallest absolute Gasteiger partial charge is 0.271 e. The number of non-ortho nitro benzene ring substituents is 1. The zero-order valence-electron chi connectivity index (χ0n) is 9.21. The first kappa shape index (κ1) is 13.2. The summed E-state index contributed by atoms with van der Waals surface area (Å²) >= 11 is 0. The maximum Gasteiger partial charge on any atom is 0.271 e. The van der Waals surface area contributed by atoms with E-state index in [4.69, 9.17) is 5.73 Å². The van der Waals surface area contributed by atoms with Crippen LogP contribution in [-0.4, -0.2) is 31.9 Å². The van der Waals surface area contributed by atoms with E-state index in [-0.39, 0.29) is 23.7 Å². The highest BCUT2D eigenvalue weighted by molar-refractivity contribution is 7.90. The van der Waals surface area contributed by atoms with Crippen LogP contribution in [0.15, 0.2) is 18.2 Å². The molecule has 0 aliphatic rings. The number of hydrogen-bond acceptors (Lipinski definition) is 6. The maximum absolute atomic E-state index is 10.9. The van der Waals surface area contributed by atoms with Crippen molar-refractivity contribution in [2.75, 3.05) is 29.6 Å². The minimum Gasteiger partial charge on any atom is -0.397 e. The van der Waals surface area contributed by atoms with Crippen molar-refractivity contribution in [3.63, 3.8) is 0 Å². The number of sulfone groups is 1. The quantitative estimate of drug-likeness (QED) is 0.455. The highest BCUT2D eigenvalue weighted by Gasteiger charge is 2.09. The number of nitrogens with two attached hydrogens (primary N) is 1. The molecule has 1 aromatic carbocycles. The molecule has 0 saturated heterocycles. The predicted molar refractivity (Wildman–Crippen MR) is 65.7 cm³/mol. The van der Waals surface area contributed by atoms with Crippen LogP contribution < -0.4 is 11.1 Å². The second kappa shape index (κ2) is 5.00. The van der Waals surface area contributed by atoms with E-state index in [0.717, 1.165) is 6.26 Å². The molecule has 0 fully saturated rings. The third kappa shape index (κ3) is 4.27. The lowest BCUT2D eigenvalue weighted by atomic mass is 10.2. The minimum atomic E-state index is -3.04. The molecule has 0 spiro atoms. The zero-order valence-corrected chi connectivity index (χ0v) is 10.0. The molecule has 0 radical (unpaired) electrons. The topological polar surface area (TPSA) is 115 Å². The van der Waals surface area contributed by atoms with Crippen molar-refractivity contribution in [3.8, 4) is 0 Å². The third-order valence-corrected chi connectivity index (χ3v) is 2.98. The van der Waals surface area contributed by atoms with Crippen molar-refractivity contribution in [1.82, 2.24) is 0 Å². The number of nitro benzene ring substituents is 1. The van der Waals surface area contributed by atoms with Crippen LogP contribution in [0.4, 0.5) is 17.1 Å². The molecule has 0 heterocycles. The Labute approximate surface area is 98.7 Å². The fraction of sp³-hybridized carbons (Fsp3) is 0.333. The van der Waals surface area contributed by atoms with Crippen LogP contribution in [0, 0.1) is 10.1 Å². The van der Waals surface area contributed by atoms with E-state index in [9.17, 15) is 18.5 Å². The molecule has 0 saturated carbocycles. The Morgan fingerprint density at radius 1 is 1.47 bits per heavy atom. The van der Waals surface area contributed by atoms with Crippen LogP contribution in [0.25, 0.3) is 0 Å². The number of anilines is 2. The highest BCUT2D eigenvalue weighted by atomic mass is 32.2. The van der Waals surface area contributed by atoms with Gasteiger partial charge in [0.2, 0.25) is 0 Å². The lowest BCUT2D eigenvalue weighted by Crippen LogP contribution is -2.14. The summed E-state index contributed by atoms with van der Waals surface area (Å²) in [4.78, 5) is 9.92. The molecular weight excluding hydrogens is 246 g/mol. The van der Waals surface area contributed by atoms with Gasteiger partial charge in [0.1, 0.15) is 9.84 Å². The number of nitro groups is 1. The Bertz CT molecular complexity index is 527. The molecule has 17 heavy (non-hydrogen) atoms. The lowest BCUT2D eigenvalue weighted by Gasteiger charge is -2.08. The summed E-state index contributed by atoms with van der Waals surface area (Å²) in [6.07, 6.45) is 1.13. The van der Waals surface area contributed by atoms with E-state index in [1.165, 1.54) is 18.2 Å². The molecule has 8 heteroatoms. The van der Waals surface area contributed by atoms with Crippen LogP contribution in [0.2, 0.25) is 0 Å². The number of nitrogens with zero attached hydrogens (tertiary/aromatic N) is 1. The summed E-state index contributed by atoms with van der Waals surface area (Å²) < 4.78 is 21.8. The molecule has 0 aliphatic heterocycles. The zero-order chi connectivity index (χ0) is 13.1. The third-order valence-electron chi connectivity index (χ3n) is 2.03. The van der Waals surface area contributed by atoms with Crippen LogP contribution >= 0.6 is 0 Å². The number of hydrogen-bond donors (Lipinski definition) is 2. The molecule has 0 unspecified atom stereocenters. The first-order valence-corrected chi connectivity index (χ1v) is 6.81. The monoisotopic (exact) mass is 259 g/mol. The van der Waals surface area contributed by atoms with E-state index in [0.29, 0.717) is 5.69 Å². The van der Waals surface area contributed by atoms with Crippen LogP contribution in [0.5, 0.6) is 0 Å². The fourth-order valence-corrected chi connectivity index (χ4v) is 1.67. The lowest BCUT2D eigenvalue weighted by molar-refractivity contribution is -0.384. The molecule has 7 nitrogen and oxygen atoms in total. The molecule has 1 rings (SSSR count). The summed E-state index contributed by atoms with van der Waals surface area (Å²) in [5.41, 5.74) is 6.19. The first-order chi connectivity index (χ1) is 7.79. The highest BCUT2D eigenvalue weighted by Crippen LogP contribution is 2.23. The van der Waals surface area contributed by atoms with Gasteiger partial charge in [-0.3, -0.25) is 10.1 Å². The van der Waals surface area contributed by atoms with E-state index < -0.39 is 14.8 Å². The fourth-order valence-electron chi connectivity index (χ4n) is 1.20. The summed E-state index contributed by atoms with van der Waals surface area (Å²) in [6.45, 7) is 0.209. The molecule has 0 bridgehead atoms. The van der Waals surface area contributed by atoms with Gasteiger partial charge in [-0.15, -0.1) is 0 Å². The first-order valence-electron chi connectivity index (χ1n) is 4.75. The standard InChI is InChI=1S/C9H13N3O4S/c1-17(15,16)5-4-11-9-3-2-7(12(13)14)6-8(9)10/h2-3,6,11H,4-5,10H2,1H3. The number of rotatable bonds is 5. The van der Waals surface area contributed by atoms with Gasteiger partial charge in [-0.2, -0.15) is 0 Å². The van der Waals surface area contributed by atoms with Gasteiger partial charge < -0.3 is 11.1 Å². The summed E-state index contributed by atoms with van der Waals surface area (Å²) in [5.74, 6) is -0.0244. The van der Waals surface area contributed by atoms with E-state index >= 15 is 0 Å². The van der Waals surface area contributed by atoms with Gasteiger partial charge in [-0.1, -0.05) is 0 Å². The summed E-state index contributed by atoms with van der Waals surface area (Å²) in [6, 6.07) is 3.98. The molecular formula is C9H13N3O4S. The average molecular weight is 259 g/mol. The van der Waals surface area contributed by atoms with Gasteiger partial charge in [0.25, 0.3) is 5.69 Å². The van der Waals surface area contributed by atoms with E-state index in [1.54, 1.807) is 0 Å². The SMILES string of the molecule is CS(=O)(=O)CCNc1ccc([N+](=O)[O-])cc1N. The van der Waals surface area contributed by atoms with E-state index in [1.807, 2.05) is 0 Å². The minimum absolute atomic E-state index is 0.0244. The largest absolute Gasteiger partial charge is 0.397 e. The van der Waals surface area contributed by atoms with Gasteiger partial charge >= 0.3 is 0 Å². The van der Waals surface area contributed by atoms with Gasteiger partial charge in [-0.05, 0) is 6.07 Å². The van der Waals surface area contributed by atoms with E-state index in [2.05, 4.69) is 5.32 Å². The number of nitrogen functional groups attached to an aromatic ring is 1. The van der Waals surface area contributed by atoms with Crippen molar-refractivity contribution >= 4 is 26.9 Å². The Morgan fingerprint density at radius 3 is 2.59 bits per heavy atom. The maximum atomic E-state index is 10.9. The molecule has 0 aromatic heterocycles. The molecule has 3 N–H and O–H groups in total. The molecule has 1 aromatic rings. The summed E-state index contributed by atoms with van der Waals surface area (Å²) in [7, 11) is -3.04. The van der Waals surface area contributed by atoms with Crippen molar-refractivity contribution in [2.24, 2.45) is 0 Å². The van der Waals surface area contributed by atoms with Crippen LogP contribution in [-0.2, 0) is 9.84 Å². The second-order valence-electron chi connectivity index (χ2n) is 3.59. The molecule has 94 valence electrons. The van der Waals surface area contributed by atoms with Crippen molar-refractivity contribution in [1.29, 1.82) is 0 Å². The number of benzene rings is 1. The Morgan fingerprint density at radius 2 is 2.12 bits per heavy atom. The van der Waals surface area contributed by atoms with Crippen molar-refractivity contribution in [3.05, 3.63) is 28.3 Å². The van der Waals surface area contributed by atoms with Gasteiger partial charge in [0, 0.05) is 24.9 Å². The van der Waals surface area contributed by atoms with Crippen LogP contribution in [0.1, 0.15) is 0 Å². The van der Waals surface area contributed by atoms with Gasteiger partial charge in [0.05, 0.1) is 22.1 Å². The Balaban J connectivity index is 2.70. The van der Waals surface area contributed by atoms with Crippen molar-refractivity contribution < 1.29 is 13.3 Å². The van der Waals surface area contributed by atoms with Gasteiger partial charge in [0.15, 0.2) is 0 Å².